The average molecular weight is 261 g/mol. The maximum atomic E-state index is 12.3. The van der Waals surface area contributed by atoms with Crippen molar-refractivity contribution in [3.05, 3.63) is 23.8 Å². The SMILES string of the molecule is Nc1cc(C(F)(F)F)ccc1NCCCC(=O)[O-]. The maximum Gasteiger partial charge on any atom is 0.416 e. The standard InChI is InChI=1S/C11H13F3N2O2/c12-11(13,14)7-3-4-9(8(15)6-7)16-5-1-2-10(17)18/h3-4,6,16H,1-2,5,15H2,(H,17,18)/p-1. The highest BCUT2D eigenvalue weighted by molar-refractivity contribution is 5.67. The maximum absolute atomic E-state index is 12.3. The van der Waals surface area contributed by atoms with Gasteiger partial charge in [-0.3, -0.25) is 0 Å². The zero-order chi connectivity index (χ0) is 13.8. The van der Waals surface area contributed by atoms with Crippen molar-refractivity contribution in [2.24, 2.45) is 0 Å². The van der Waals surface area contributed by atoms with Gasteiger partial charge < -0.3 is 21.0 Å². The van der Waals surface area contributed by atoms with Gasteiger partial charge in [0.15, 0.2) is 0 Å². The van der Waals surface area contributed by atoms with Gasteiger partial charge in [-0.15, -0.1) is 0 Å². The molecular formula is C11H12F3N2O2-. The van der Waals surface area contributed by atoms with Gasteiger partial charge in [-0.1, -0.05) is 0 Å². The molecule has 7 heteroatoms. The number of carboxylic acids is 1. The molecule has 0 aromatic heterocycles. The van der Waals surface area contributed by atoms with E-state index in [2.05, 4.69) is 5.32 Å². The fourth-order valence-corrected chi connectivity index (χ4v) is 1.36. The molecule has 1 aromatic rings. The fraction of sp³-hybridized carbons (Fsp3) is 0.364. The Kier molecular flexibility index (Phi) is 4.41. The third-order valence-corrected chi connectivity index (χ3v) is 2.25. The molecule has 0 heterocycles. The van der Waals surface area contributed by atoms with Crippen LogP contribution >= 0.6 is 0 Å². The van der Waals surface area contributed by atoms with Crippen LogP contribution in [0.3, 0.4) is 0 Å². The molecule has 0 aliphatic rings. The third kappa shape index (κ3) is 4.15. The minimum atomic E-state index is -4.43. The Bertz CT molecular complexity index is 433. The van der Waals surface area contributed by atoms with Gasteiger partial charge in [-0.05, 0) is 31.0 Å². The smallest absolute Gasteiger partial charge is 0.416 e. The van der Waals surface area contributed by atoms with Crippen LogP contribution in [0.15, 0.2) is 18.2 Å². The summed E-state index contributed by atoms with van der Waals surface area (Å²) in [5.41, 5.74) is 4.97. The van der Waals surface area contributed by atoms with E-state index in [4.69, 9.17) is 5.73 Å². The van der Waals surface area contributed by atoms with E-state index in [-0.39, 0.29) is 12.1 Å². The molecule has 0 bridgehead atoms. The summed E-state index contributed by atoms with van der Waals surface area (Å²) in [6.07, 6.45) is -4.24. The van der Waals surface area contributed by atoms with Crippen molar-refractivity contribution in [2.45, 2.75) is 19.0 Å². The zero-order valence-corrected chi connectivity index (χ0v) is 9.38. The van der Waals surface area contributed by atoms with Crippen LogP contribution in [0.1, 0.15) is 18.4 Å². The Labute approximate surface area is 102 Å². The lowest BCUT2D eigenvalue weighted by atomic mass is 10.1. The number of nitrogens with one attached hydrogen (secondary N) is 1. The fourth-order valence-electron chi connectivity index (χ4n) is 1.36. The van der Waals surface area contributed by atoms with E-state index < -0.39 is 17.7 Å². The van der Waals surface area contributed by atoms with Crippen LogP contribution in [0.25, 0.3) is 0 Å². The number of halogens is 3. The Balaban J connectivity index is 2.60. The van der Waals surface area contributed by atoms with E-state index in [1.54, 1.807) is 0 Å². The molecule has 0 amide bonds. The van der Waals surface area contributed by atoms with E-state index in [0.29, 0.717) is 18.7 Å². The van der Waals surface area contributed by atoms with Crippen molar-refractivity contribution in [2.75, 3.05) is 17.6 Å². The van der Waals surface area contributed by atoms with E-state index >= 15 is 0 Å². The highest BCUT2D eigenvalue weighted by Crippen LogP contribution is 2.32. The van der Waals surface area contributed by atoms with Crippen LogP contribution < -0.4 is 16.2 Å². The molecule has 0 spiro atoms. The molecule has 100 valence electrons. The van der Waals surface area contributed by atoms with Gasteiger partial charge in [-0.25, -0.2) is 0 Å². The molecular weight excluding hydrogens is 249 g/mol. The lowest BCUT2D eigenvalue weighted by Crippen LogP contribution is -2.22. The molecule has 1 aromatic carbocycles. The van der Waals surface area contributed by atoms with Gasteiger partial charge >= 0.3 is 6.18 Å². The van der Waals surface area contributed by atoms with Gasteiger partial charge in [-0.2, -0.15) is 13.2 Å². The Morgan fingerprint density at radius 1 is 1.39 bits per heavy atom. The predicted molar refractivity (Wildman–Crippen MR) is 58.6 cm³/mol. The monoisotopic (exact) mass is 261 g/mol. The van der Waals surface area contributed by atoms with E-state index in [9.17, 15) is 23.1 Å². The number of alkyl halides is 3. The number of aliphatic carboxylic acids is 1. The second-order valence-electron chi connectivity index (χ2n) is 3.70. The van der Waals surface area contributed by atoms with E-state index in [0.717, 1.165) is 12.1 Å². The van der Waals surface area contributed by atoms with Crippen LogP contribution in [0.4, 0.5) is 24.5 Å². The normalized spacial score (nSPS) is 11.3. The highest BCUT2D eigenvalue weighted by Gasteiger charge is 2.30. The molecule has 0 unspecified atom stereocenters. The quantitative estimate of drug-likeness (QED) is 0.617. The van der Waals surface area contributed by atoms with Crippen molar-refractivity contribution >= 4 is 17.3 Å². The Hall–Kier alpha value is -1.92. The molecule has 4 nitrogen and oxygen atoms in total. The highest BCUT2D eigenvalue weighted by atomic mass is 19.4. The number of hydrogen-bond donors (Lipinski definition) is 2. The summed E-state index contributed by atoms with van der Waals surface area (Å²) in [6, 6.07) is 2.97. The Morgan fingerprint density at radius 3 is 2.56 bits per heavy atom. The van der Waals surface area contributed by atoms with Crippen LogP contribution in [0.5, 0.6) is 0 Å². The summed E-state index contributed by atoms with van der Waals surface area (Å²) in [7, 11) is 0. The number of carboxylic acid groups (broad SMARTS) is 1. The number of anilines is 2. The van der Waals surface area contributed by atoms with E-state index in [1.807, 2.05) is 0 Å². The molecule has 0 saturated carbocycles. The lowest BCUT2D eigenvalue weighted by Gasteiger charge is -2.12. The van der Waals surface area contributed by atoms with Crippen LogP contribution in [-0.2, 0) is 11.0 Å². The van der Waals surface area contributed by atoms with Crippen molar-refractivity contribution in [1.29, 1.82) is 0 Å². The van der Waals surface area contributed by atoms with Crippen molar-refractivity contribution in [3.63, 3.8) is 0 Å². The molecule has 1 rings (SSSR count). The van der Waals surface area contributed by atoms with Gasteiger partial charge in [0.05, 0.1) is 16.9 Å². The van der Waals surface area contributed by atoms with Crippen LogP contribution in [0.2, 0.25) is 0 Å². The first-order valence-corrected chi connectivity index (χ1v) is 5.21. The number of nitrogens with two attached hydrogens (primary N) is 1. The lowest BCUT2D eigenvalue weighted by molar-refractivity contribution is -0.305. The van der Waals surface area contributed by atoms with Crippen LogP contribution in [0, 0.1) is 0 Å². The number of nitrogen functional groups attached to an aromatic ring is 1. The Morgan fingerprint density at radius 2 is 2.06 bits per heavy atom. The predicted octanol–water partition coefficient (Wildman–Crippen LogP) is 1.23. The van der Waals surface area contributed by atoms with E-state index in [1.165, 1.54) is 6.07 Å². The first-order valence-electron chi connectivity index (χ1n) is 5.21. The summed E-state index contributed by atoms with van der Waals surface area (Å²) in [4.78, 5) is 10.1. The third-order valence-electron chi connectivity index (χ3n) is 2.25. The largest absolute Gasteiger partial charge is 0.550 e. The second-order valence-corrected chi connectivity index (χ2v) is 3.70. The van der Waals surface area contributed by atoms with Gasteiger partial charge in [0, 0.05) is 12.5 Å². The summed E-state index contributed by atoms with van der Waals surface area (Å²) in [6.45, 7) is 0.295. The summed E-state index contributed by atoms with van der Waals surface area (Å²) >= 11 is 0. The number of benzene rings is 1. The first-order chi connectivity index (χ1) is 8.30. The molecule has 3 N–H and O–H groups in total. The molecule has 18 heavy (non-hydrogen) atoms. The minimum Gasteiger partial charge on any atom is -0.550 e. The molecule has 0 saturated heterocycles. The van der Waals surface area contributed by atoms with Crippen molar-refractivity contribution in [1.82, 2.24) is 0 Å². The minimum absolute atomic E-state index is 0.0294. The molecule has 0 radical (unpaired) electrons. The summed E-state index contributed by atoms with van der Waals surface area (Å²) < 4.78 is 37.0. The van der Waals surface area contributed by atoms with Crippen molar-refractivity contribution in [3.8, 4) is 0 Å². The number of carbonyl (C=O) groups excluding carboxylic acids is 1. The summed E-state index contributed by atoms with van der Waals surface area (Å²) in [5, 5.41) is 12.9. The van der Waals surface area contributed by atoms with Gasteiger partial charge in [0.25, 0.3) is 0 Å². The first kappa shape index (κ1) is 14.1. The van der Waals surface area contributed by atoms with Crippen molar-refractivity contribution < 1.29 is 23.1 Å². The molecule has 0 atom stereocenters. The molecule has 0 aliphatic carbocycles. The molecule has 0 aliphatic heterocycles. The average Bonchev–Trinajstić information content (AvgIpc) is 2.24. The molecule has 0 fully saturated rings. The van der Waals surface area contributed by atoms with Gasteiger partial charge in [0.2, 0.25) is 0 Å². The second kappa shape index (κ2) is 5.61. The van der Waals surface area contributed by atoms with Crippen LogP contribution in [-0.4, -0.2) is 12.5 Å². The number of hydrogen-bond acceptors (Lipinski definition) is 4. The summed E-state index contributed by atoms with van der Waals surface area (Å²) in [5.74, 6) is -1.17. The van der Waals surface area contributed by atoms with Gasteiger partial charge in [0.1, 0.15) is 0 Å². The topological polar surface area (TPSA) is 78.2 Å². The number of carbonyl (C=O) groups is 1. The zero-order valence-electron chi connectivity index (χ0n) is 9.38. The number of rotatable bonds is 5.